The van der Waals surface area contributed by atoms with Crippen LogP contribution in [0.3, 0.4) is 0 Å². The molecule has 1 N–H and O–H groups in total. The maximum Gasteiger partial charge on any atom is 0.329 e. The first-order valence-corrected chi connectivity index (χ1v) is 11.9. The number of aromatic amines is 1. The highest BCUT2D eigenvalue weighted by molar-refractivity contribution is 6.31. The zero-order valence-electron chi connectivity index (χ0n) is 19.3. The van der Waals surface area contributed by atoms with Crippen molar-refractivity contribution >= 4 is 34.3 Å². The van der Waals surface area contributed by atoms with Gasteiger partial charge in [-0.15, -0.1) is 5.10 Å². The molecule has 0 amide bonds. The molecule has 184 valence electrons. The lowest BCUT2D eigenvalue weighted by Crippen LogP contribution is -2.29. The van der Waals surface area contributed by atoms with E-state index in [0.29, 0.717) is 45.9 Å². The topological polar surface area (TPSA) is 125 Å². The summed E-state index contributed by atoms with van der Waals surface area (Å²) in [4.78, 5) is 41.7. The van der Waals surface area contributed by atoms with E-state index in [-0.39, 0.29) is 11.3 Å². The summed E-state index contributed by atoms with van der Waals surface area (Å²) in [5.74, 6) is -0.921. The second-order valence-corrected chi connectivity index (χ2v) is 9.16. The van der Waals surface area contributed by atoms with Crippen LogP contribution in [0.15, 0.2) is 71.9 Å². The molecule has 0 radical (unpaired) electrons. The van der Waals surface area contributed by atoms with E-state index >= 15 is 0 Å². The standard InChI is InChI=1S/C26H19ClN6O4/c27-18-2-5-22(32-14-29-30-31-32)20(12-18)17-10-19-3-6-23(33(19)25(35)11-17)26(36)37-13-24(34)16-1-4-21-15(9-16)7-8-28-21/h1-2,4-5,7-12,14,23,28H,3,6,13H2/t23-/m0/s1. The second kappa shape index (κ2) is 9.14. The van der Waals surface area contributed by atoms with E-state index in [1.807, 2.05) is 12.1 Å². The Morgan fingerprint density at radius 1 is 1.11 bits per heavy atom. The molecule has 11 heteroatoms. The molecule has 0 spiro atoms. The fourth-order valence-electron chi connectivity index (χ4n) is 4.73. The molecule has 0 unspecified atom stereocenters. The molecule has 1 aliphatic rings. The number of carbonyl (C=O) groups excluding carboxylic acids is 2. The van der Waals surface area contributed by atoms with Crippen LogP contribution >= 0.6 is 11.6 Å². The van der Waals surface area contributed by atoms with E-state index in [2.05, 4.69) is 20.5 Å². The zero-order chi connectivity index (χ0) is 25.5. The van der Waals surface area contributed by atoms with Crippen molar-refractivity contribution in [2.75, 3.05) is 6.61 Å². The smallest absolute Gasteiger partial charge is 0.329 e. The lowest BCUT2D eigenvalue weighted by atomic mass is 10.0. The minimum atomic E-state index is -0.796. The first-order valence-electron chi connectivity index (χ1n) is 11.5. The Hall–Kier alpha value is -4.57. The number of aromatic nitrogens is 6. The van der Waals surface area contributed by atoms with Gasteiger partial charge in [0.2, 0.25) is 0 Å². The number of esters is 1. The molecule has 0 saturated carbocycles. The summed E-state index contributed by atoms with van der Waals surface area (Å²) >= 11 is 6.24. The lowest BCUT2D eigenvalue weighted by molar-refractivity contribution is -0.146. The van der Waals surface area contributed by atoms with Crippen molar-refractivity contribution in [3.8, 4) is 16.8 Å². The van der Waals surface area contributed by atoms with Crippen LogP contribution in [0.4, 0.5) is 0 Å². The van der Waals surface area contributed by atoms with Gasteiger partial charge < -0.3 is 9.72 Å². The molecule has 10 nitrogen and oxygen atoms in total. The lowest BCUT2D eigenvalue weighted by Gasteiger charge is -2.15. The molecule has 37 heavy (non-hydrogen) atoms. The van der Waals surface area contributed by atoms with E-state index in [9.17, 15) is 14.4 Å². The first-order chi connectivity index (χ1) is 18.0. The van der Waals surface area contributed by atoms with E-state index in [1.54, 1.807) is 42.6 Å². The molecule has 5 aromatic rings. The largest absolute Gasteiger partial charge is 0.456 e. The Balaban J connectivity index is 1.23. The van der Waals surface area contributed by atoms with E-state index in [1.165, 1.54) is 21.6 Å². The highest BCUT2D eigenvalue weighted by Gasteiger charge is 2.31. The Bertz CT molecular complexity index is 1720. The van der Waals surface area contributed by atoms with Crippen LogP contribution in [-0.2, 0) is 16.0 Å². The molecular weight excluding hydrogens is 496 g/mol. The Labute approximate surface area is 214 Å². The minimum Gasteiger partial charge on any atom is -0.456 e. The predicted octanol–water partition coefficient (Wildman–Crippen LogP) is 3.54. The number of carbonyl (C=O) groups is 2. The van der Waals surface area contributed by atoms with Crippen molar-refractivity contribution in [3.63, 3.8) is 0 Å². The number of nitrogens with zero attached hydrogens (tertiary/aromatic N) is 5. The number of pyridine rings is 1. The van der Waals surface area contributed by atoms with Gasteiger partial charge in [-0.2, -0.15) is 4.68 Å². The summed E-state index contributed by atoms with van der Waals surface area (Å²) in [6.45, 7) is -0.398. The number of hydrogen-bond acceptors (Lipinski definition) is 7. The van der Waals surface area contributed by atoms with Gasteiger partial charge in [0, 0.05) is 45.0 Å². The normalized spacial score (nSPS) is 14.6. The van der Waals surface area contributed by atoms with Crippen LogP contribution < -0.4 is 5.56 Å². The van der Waals surface area contributed by atoms with Crippen LogP contribution in [0.5, 0.6) is 0 Å². The van der Waals surface area contributed by atoms with Gasteiger partial charge in [-0.25, -0.2) is 4.79 Å². The Kier molecular flexibility index (Phi) is 5.65. The summed E-state index contributed by atoms with van der Waals surface area (Å²) < 4.78 is 8.27. The third-order valence-electron chi connectivity index (χ3n) is 6.49. The van der Waals surface area contributed by atoms with Crippen LogP contribution in [0.2, 0.25) is 5.02 Å². The van der Waals surface area contributed by atoms with Gasteiger partial charge in [0.1, 0.15) is 12.4 Å². The van der Waals surface area contributed by atoms with Gasteiger partial charge in [-0.05, 0) is 77.4 Å². The van der Waals surface area contributed by atoms with Crippen LogP contribution in [0.1, 0.15) is 28.5 Å². The molecular formula is C26H19ClN6O4. The number of nitrogens with one attached hydrogen (secondary N) is 1. The number of ketones is 1. The van der Waals surface area contributed by atoms with Gasteiger partial charge >= 0.3 is 5.97 Å². The predicted molar refractivity (Wildman–Crippen MR) is 135 cm³/mol. The molecule has 0 aliphatic carbocycles. The Morgan fingerprint density at radius 3 is 2.84 bits per heavy atom. The van der Waals surface area contributed by atoms with Gasteiger partial charge in [-0.3, -0.25) is 14.2 Å². The summed E-state index contributed by atoms with van der Waals surface area (Å²) in [7, 11) is 0. The molecule has 0 fully saturated rings. The summed E-state index contributed by atoms with van der Waals surface area (Å²) in [5, 5.41) is 12.7. The van der Waals surface area contributed by atoms with Gasteiger partial charge in [0.15, 0.2) is 12.4 Å². The SMILES string of the molecule is O=C(COC(=O)[C@@H]1CCc2cc(-c3cc(Cl)ccc3-n3cnnn3)cc(=O)n21)c1ccc2[nH]ccc2c1. The molecule has 6 rings (SSSR count). The number of H-pyrrole nitrogens is 1. The Morgan fingerprint density at radius 2 is 2.00 bits per heavy atom. The van der Waals surface area contributed by atoms with Crippen molar-refractivity contribution in [2.24, 2.45) is 0 Å². The van der Waals surface area contributed by atoms with Gasteiger partial charge in [-0.1, -0.05) is 11.6 Å². The maximum atomic E-state index is 13.2. The highest BCUT2D eigenvalue weighted by atomic mass is 35.5. The third kappa shape index (κ3) is 4.21. The first kappa shape index (κ1) is 22.9. The molecule has 1 aliphatic heterocycles. The van der Waals surface area contributed by atoms with Crippen molar-refractivity contribution in [2.45, 2.75) is 18.9 Å². The maximum absolute atomic E-state index is 13.2. The molecule has 1 atom stereocenters. The van der Waals surface area contributed by atoms with E-state index < -0.39 is 18.6 Å². The summed E-state index contributed by atoms with van der Waals surface area (Å²) in [5.41, 5.74) is 3.68. The summed E-state index contributed by atoms with van der Waals surface area (Å²) in [6, 6.07) is 14.8. The van der Waals surface area contributed by atoms with Crippen LogP contribution in [0.25, 0.3) is 27.7 Å². The fourth-order valence-corrected chi connectivity index (χ4v) is 4.90. The monoisotopic (exact) mass is 514 g/mol. The quantitative estimate of drug-likeness (QED) is 0.271. The van der Waals surface area contributed by atoms with Crippen molar-refractivity contribution in [1.82, 2.24) is 29.8 Å². The van der Waals surface area contributed by atoms with Crippen molar-refractivity contribution in [3.05, 3.63) is 93.8 Å². The van der Waals surface area contributed by atoms with Crippen LogP contribution in [0, 0.1) is 0 Å². The number of benzene rings is 2. The fraction of sp³-hybridized carbons (Fsp3) is 0.154. The van der Waals surface area contributed by atoms with Gasteiger partial charge in [0.25, 0.3) is 5.56 Å². The zero-order valence-corrected chi connectivity index (χ0v) is 20.1. The number of halogens is 1. The number of rotatable bonds is 6. The molecule has 2 aromatic carbocycles. The van der Waals surface area contributed by atoms with Crippen LogP contribution in [-0.4, -0.2) is 48.1 Å². The average Bonchev–Trinajstić information content (AvgIpc) is 3.67. The highest BCUT2D eigenvalue weighted by Crippen LogP contribution is 2.32. The third-order valence-corrected chi connectivity index (χ3v) is 6.73. The van der Waals surface area contributed by atoms with Crippen molar-refractivity contribution in [1.29, 1.82) is 0 Å². The number of tetrazole rings is 1. The molecule has 0 bridgehead atoms. The van der Waals surface area contributed by atoms with Gasteiger partial charge in [0.05, 0.1) is 5.69 Å². The number of hydrogen-bond donors (Lipinski definition) is 1. The average molecular weight is 515 g/mol. The van der Waals surface area contributed by atoms with Crippen molar-refractivity contribution < 1.29 is 14.3 Å². The molecule has 0 saturated heterocycles. The number of aryl methyl sites for hydroxylation is 1. The number of Topliss-reactive ketones (excluding diaryl/α,β-unsaturated/α-hetero) is 1. The number of ether oxygens (including phenoxy) is 1. The van der Waals surface area contributed by atoms with E-state index in [4.69, 9.17) is 16.3 Å². The summed E-state index contributed by atoms with van der Waals surface area (Å²) in [6.07, 6.45) is 4.15. The molecule has 3 aromatic heterocycles. The molecule has 4 heterocycles. The minimum absolute atomic E-state index is 0.312. The second-order valence-electron chi connectivity index (χ2n) is 8.72. The number of fused-ring (bicyclic) bond motifs is 2. The van der Waals surface area contributed by atoms with E-state index in [0.717, 1.165) is 10.9 Å².